The maximum absolute atomic E-state index is 4.61. The number of fused-ring (bicyclic) bond motifs is 2. The lowest BCUT2D eigenvalue weighted by Crippen LogP contribution is -1.82. The zero-order valence-electron chi connectivity index (χ0n) is 9.07. The predicted octanol–water partition coefficient (Wildman–Crippen LogP) is 3.36. The van der Waals surface area contributed by atoms with Gasteiger partial charge in [-0.2, -0.15) is 0 Å². The fraction of sp³-hybridized carbons (Fsp3) is 0. The molecule has 86 valence electrons. The van der Waals surface area contributed by atoms with E-state index in [9.17, 15) is 0 Å². The molecule has 18 heavy (non-hydrogen) atoms. The number of hydrogen-bond acceptors (Lipinski definition) is 6. The van der Waals surface area contributed by atoms with Crippen molar-refractivity contribution in [2.75, 3.05) is 0 Å². The van der Waals surface area contributed by atoms with E-state index in [0.29, 0.717) is 0 Å². The van der Waals surface area contributed by atoms with Crippen molar-refractivity contribution in [1.82, 2.24) is 19.9 Å². The molecule has 0 atom stereocenters. The smallest absolute Gasteiger partial charge is 0.141 e. The van der Waals surface area contributed by atoms with E-state index in [4.69, 9.17) is 0 Å². The Balaban J connectivity index is 1.94. The summed E-state index contributed by atoms with van der Waals surface area (Å²) in [5.41, 5.74) is 2.79. The van der Waals surface area contributed by atoms with Crippen LogP contribution in [0.5, 0.6) is 0 Å². The number of rotatable bonds is 1. The lowest BCUT2D eigenvalue weighted by atomic mass is 10.3. The quantitative estimate of drug-likeness (QED) is 0.532. The normalized spacial score (nSPS) is 11.3. The molecule has 4 aromatic heterocycles. The predicted molar refractivity (Wildman–Crippen MR) is 73.8 cm³/mol. The Morgan fingerprint density at radius 3 is 3.00 bits per heavy atom. The van der Waals surface area contributed by atoms with E-state index in [0.717, 1.165) is 31.1 Å². The van der Waals surface area contributed by atoms with E-state index in [1.165, 1.54) is 0 Å². The third-order valence-corrected chi connectivity index (χ3v) is 4.51. The molecule has 0 aliphatic heterocycles. The van der Waals surface area contributed by atoms with Crippen molar-refractivity contribution in [2.24, 2.45) is 0 Å². The van der Waals surface area contributed by atoms with Gasteiger partial charge in [-0.25, -0.2) is 19.9 Å². The molecular weight excluding hydrogens is 264 g/mol. The van der Waals surface area contributed by atoms with Crippen LogP contribution in [0.2, 0.25) is 0 Å². The van der Waals surface area contributed by atoms with Gasteiger partial charge in [-0.15, -0.1) is 22.7 Å². The lowest BCUT2D eigenvalue weighted by Gasteiger charge is -1.95. The fourth-order valence-electron chi connectivity index (χ4n) is 1.79. The van der Waals surface area contributed by atoms with Gasteiger partial charge in [-0.3, -0.25) is 0 Å². The van der Waals surface area contributed by atoms with Gasteiger partial charge in [0.1, 0.15) is 16.7 Å². The Morgan fingerprint density at radius 1 is 1.06 bits per heavy atom. The van der Waals surface area contributed by atoms with Crippen molar-refractivity contribution in [3.8, 4) is 10.6 Å². The minimum absolute atomic E-state index is 0.893. The average Bonchev–Trinajstić information content (AvgIpc) is 3.04. The molecule has 4 rings (SSSR count). The molecule has 0 spiro atoms. The molecule has 4 aromatic rings. The molecule has 0 fully saturated rings. The molecule has 4 nitrogen and oxygen atoms in total. The highest BCUT2D eigenvalue weighted by atomic mass is 32.1. The molecule has 4 heterocycles. The molecule has 0 aliphatic rings. The monoisotopic (exact) mass is 270 g/mol. The third kappa shape index (κ3) is 1.50. The van der Waals surface area contributed by atoms with Gasteiger partial charge in [0.25, 0.3) is 0 Å². The molecule has 0 aromatic carbocycles. The Bertz CT molecular complexity index is 816. The summed E-state index contributed by atoms with van der Waals surface area (Å²) in [6.07, 6.45) is 5.20. The molecule has 0 saturated carbocycles. The minimum Gasteiger partial charge on any atom is -0.243 e. The summed E-state index contributed by atoms with van der Waals surface area (Å²) in [5, 5.41) is 2.00. The highest BCUT2D eigenvalue weighted by Gasteiger charge is 2.08. The fourth-order valence-corrected chi connectivity index (χ4v) is 3.40. The van der Waals surface area contributed by atoms with E-state index < -0.39 is 0 Å². The first-order valence-electron chi connectivity index (χ1n) is 5.30. The number of thiophene rings is 2. The SMILES string of the molecule is c1ncc2sc(-c3cnc4sccc4n3)cc2n1. The summed E-state index contributed by atoms with van der Waals surface area (Å²) in [4.78, 5) is 19.3. The summed E-state index contributed by atoms with van der Waals surface area (Å²) in [5.74, 6) is 0. The van der Waals surface area contributed by atoms with E-state index in [-0.39, 0.29) is 0 Å². The molecule has 6 heteroatoms. The maximum Gasteiger partial charge on any atom is 0.141 e. The van der Waals surface area contributed by atoms with Crippen LogP contribution in [0.15, 0.2) is 36.2 Å². The highest BCUT2D eigenvalue weighted by Crippen LogP contribution is 2.31. The van der Waals surface area contributed by atoms with Gasteiger partial charge in [0.2, 0.25) is 0 Å². The summed E-state index contributed by atoms with van der Waals surface area (Å²) in [6.45, 7) is 0. The van der Waals surface area contributed by atoms with Gasteiger partial charge in [0.15, 0.2) is 0 Å². The van der Waals surface area contributed by atoms with Crippen LogP contribution in [-0.2, 0) is 0 Å². The Kier molecular flexibility index (Phi) is 2.12. The second-order valence-corrected chi connectivity index (χ2v) is 5.73. The second kappa shape index (κ2) is 3.79. The largest absolute Gasteiger partial charge is 0.243 e. The van der Waals surface area contributed by atoms with Crippen LogP contribution in [0.3, 0.4) is 0 Å². The van der Waals surface area contributed by atoms with Crippen molar-refractivity contribution in [2.45, 2.75) is 0 Å². The van der Waals surface area contributed by atoms with Gasteiger partial charge in [-0.1, -0.05) is 0 Å². The van der Waals surface area contributed by atoms with Crippen molar-refractivity contribution >= 4 is 43.2 Å². The summed E-state index contributed by atoms with van der Waals surface area (Å²) in [7, 11) is 0. The van der Waals surface area contributed by atoms with Crippen molar-refractivity contribution in [3.05, 3.63) is 36.2 Å². The summed E-state index contributed by atoms with van der Waals surface area (Å²) < 4.78 is 1.07. The molecule has 0 aliphatic carbocycles. The van der Waals surface area contributed by atoms with Crippen LogP contribution in [0.25, 0.3) is 31.1 Å². The van der Waals surface area contributed by atoms with Crippen LogP contribution in [-0.4, -0.2) is 19.9 Å². The Labute approximate surface area is 110 Å². The first kappa shape index (κ1) is 10.0. The maximum atomic E-state index is 4.61. The molecule has 0 radical (unpaired) electrons. The number of hydrogen-bond donors (Lipinski definition) is 0. The minimum atomic E-state index is 0.893. The van der Waals surface area contributed by atoms with Gasteiger partial charge in [0, 0.05) is 6.20 Å². The molecule has 0 bridgehead atoms. The molecule has 0 unspecified atom stereocenters. The molecule has 0 saturated heterocycles. The van der Waals surface area contributed by atoms with E-state index >= 15 is 0 Å². The first-order valence-corrected chi connectivity index (χ1v) is 7.00. The summed E-state index contributed by atoms with van der Waals surface area (Å²) in [6, 6.07) is 4.02. The average molecular weight is 270 g/mol. The van der Waals surface area contributed by atoms with Gasteiger partial charge in [0.05, 0.1) is 27.0 Å². The first-order chi connectivity index (χ1) is 8.90. The van der Waals surface area contributed by atoms with Crippen LogP contribution in [0.1, 0.15) is 0 Å². The highest BCUT2D eigenvalue weighted by molar-refractivity contribution is 7.22. The van der Waals surface area contributed by atoms with Gasteiger partial charge in [-0.05, 0) is 17.5 Å². The Hall–Kier alpha value is -1.92. The molecular formula is C12H6N4S2. The van der Waals surface area contributed by atoms with Crippen molar-refractivity contribution in [3.63, 3.8) is 0 Å². The van der Waals surface area contributed by atoms with E-state index in [1.807, 2.05) is 29.9 Å². The van der Waals surface area contributed by atoms with Crippen LogP contribution >= 0.6 is 22.7 Å². The van der Waals surface area contributed by atoms with Crippen LogP contribution in [0, 0.1) is 0 Å². The number of aromatic nitrogens is 4. The lowest BCUT2D eigenvalue weighted by molar-refractivity contribution is 1.23. The number of nitrogens with zero attached hydrogens (tertiary/aromatic N) is 4. The second-order valence-electron chi connectivity index (χ2n) is 3.75. The van der Waals surface area contributed by atoms with E-state index in [2.05, 4.69) is 19.9 Å². The van der Waals surface area contributed by atoms with E-state index in [1.54, 1.807) is 29.0 Å². The van der Waals surface area contributed by atoms with Crippen molar-refractivity contribution < 1.29 is 0 Å². The van der Waals surface area contributed by atoms with Crippen LogP contribution < -0.4 is 0 Å². The van der Waals surface area contributed by atoms with Crippen molar-refractivity contribution in [1.29, 1.82) is 0 Å². The molecule has 0 N–H and O–H groups in total. The summed E-state index contributed by atoms with van der Waals surface area (Å²) >= 11 is 3.24. The molecule has 0 amide bonds. The Morgan fingerprint density at radius 2 is 2.06 bits per heavy atom. The zero-order chi connectivity index (χ0) is 11.9. The standard InChI is InChI=1S/C12H6N4S2/c1-2-17-12-7(1)16-9(4-14-12)10-3-8-11(18-10)5-13-6-15-8/h1-6H. The van der Waals surface area contributed by atoms with Gasteiger partial charge < -0.3 is 0 Å². The zero-order valence-corrected chi connectivity index (χ0v) is 10.7. The third-order valence-electron chi connectivity index (χ3n) is 2.62. The topological polar surface area (TPSA) is 51.6 Å². The van der Waals surface area contributed by atoms with Gasteiger partial charge >= 0.3 is 0 Å². The van der Waals surface area contributed by atoms with Crippen LogP contribution in [0.4, 0.5) is 0 Å².